The van der Waals surface area contributed by atoms with Gasteiger partial charge in [-0.2, -0.15) is 0 Å². The predicted octanol–water partition coefficient (Wildman–Crippen LogP) is 4.54. The zero-order chi connectivity index (χ0) is 22.4. The van der Waals surface area contributed by atoms with Crippen LogP contribution in [0.1, 0.15) is 5.89 Å². The molecule has 4 heterocycles. The standard InChI is InChI=1S/C24H15ClN4O4/c25-17-5-1-3-14(9-17)18-10-15-4-2-8-26-22(15)29(24(18)30)12-21-27-28-23(33-21)16-6-7-19-20(11-16)32-13-31-19/h1-11H,12-13H2. The van der Waals surface area contributed by atoms with Crippen molar-refractivity contribution in [2.45, 2.75) is 6.54 Å². The van der Waals surface area contributed by atoms with Crippen LogP contribution in [0.4, 0.5) is 0 Å². The molecule has 9 heteroatoms. The largest absolute Gasteiger partial charge is 0.454 e. The van der Waals surface area contributed by atoms with Crippen molar-refractivity contribution in [2.75, 3.05) is 6.79 Å². The molecule has 0 N–H and O–H groups in total. The summed E-state index contributed by atoms with van der Waals surface area (Å²) in [6.45, 7) is 0.248. The van der Waals surface area contributed by atoms with Crippen LogP contribution in [0.3, 0.4) is 0 Å². The molecule has 1 aliphatic heterocycles. The van der Waals surface area contributed by atoms with Crippen LogP contribution in [0.25, 0.3) is 33.6 Å². The fourth-order valence-corrected chi connectivity index (χ4v) is 4.01. The normalized spacial score (nSPS) is 12.4. The Labute approximate surface area is 192 Å². The van der Waals surface area contributed by atoms with Crippen molar-refractivity contribution in [1.82, 2.24) is 19.7 Å². The summed E-state index contributed by atoms with van der Waals surface area (Å²) in [5, 5.41) is 9.65. The third-order valence-corrected chi connectivity index (χ3v) is 5.60. The molecule has 0 radical (unpaired) electrons. The Bertz CT molecular complexity index is 1580. The summed E-state index contributed by atoms with van der Waals surface area (Å²) in [5.74, 6) is 1.88. The van der Waals surface area contributed by atoms with E-state index in [-0.39, 0.29) is 24.8 Å². The van der Waals surface area contributed by atoms with Crippen molar-refractivity contribution in [1.29, 1.82) is 0 Å². The van der Waals surface area contributed by atoms with Crippen LogP contribution >= 0.6 is 11.6 Å². The van der Waals surface area contributed by atoms with E-state index in [9.17, 15) is 4.79 Å². The predicted molar refractivity (Wildman–Crippen MR) is 121 cm³/mol. The molecule has 0 fully saturated rings. The summed E-state index contributed by atoms with van der Waals surface area (Å²) >= 11 is 6.16. The zero-order valence-corrected chi connectivity index (χ0v) is 17.8. The Hall–Kier alpha value is -4.17. The average molecular weight is 459 g/mol. The lowest BCUT2D eigenvalue weighted by atomic mass is 10.1. The molecule has 0 bridgehead atoms. The highest BCUT2D eigenvalue weighted by Crippen LogP contribution is 2.35. The maximum Gasteiger partial charge on any atom is 0.260 e. The minimum atomic E-state index is -0.230. The number of hydrogen-bond acceptors (Lipinski definition) is 7. The van der Waals surface area contributed by atoms with E-state index in [1.807, 2.05) is 36.4 Å². The van der Waals surface area contributed by atoms with E-state index in [0.29, 0.717) is 39.2 Å². The Morgan fingerprint density at radius 1 is 0.939 bits per heavy atom. The molecule has 0 unspecified atom stereocenters. The molecule has 0 atom stereocenters. The highest BCUT2D eigenvalue weighted by atomic mass is 35.5. The summed E-state index contributed by atoms with van der Waals surface area (Å²) in [6.07, 6.45) is 1.64. The van der Waals surface area contributed by atoms with Gasteiger partial charge in [0.1, 0.15) is 12.2 Å². The Kier molecular flexibility index (Phi) is 4.58. The van der Waals surface area contributed by atoms with Crippen LogP contribution in [-0.2, 0) is 6.54 Å². The molecule has 33 heavy (non-hydrogen) atoms. The van der Waals surface area contributed by atoms with E-state index in [0.717, 1.165) is 10.9 Å². The molecular weight excluding hydrogens is 444 g/mol. The van der Waals surface area contributed by atoms with Crippen molar-refractivity contribution in [3.8, 4) is 34.1 Å². The van der Waals surface area contributed by atoms with Crippen LogP contribution in [0, 0.1) is 0 Å². The third kappa shape index (κ3) is 3.50. The van der Waals surface area contributed by atoms with Crippen molar-refractivity contribution in [3.63, 3.8) is 0 Å². The molecule has 0 spiro atoms. The Balaban J connectivity index is 1.42. The third-order valence-electron chi connectivity index (χ3n) is 5.36. The number of aromatic nitrogens is 4. The molecule has 0 amide bonds. The highest BCUT2D eigenvalue weighted by molar-refractivity contribution is 6.30. The number of halogens is 1. The summed E-state index contributed by atoms with van der Waals surface area (Å²) < 4.78 is 18.2. The van der Waals surface area contributed by atoms with Gasteiger partial charge in [0, 0.05) is 27.7 Å². The van der Waals surface area contributed by atoms with Gasteiger partial charge in [0.15, 0.2) is 11.5 Å². The first kappa shape index (κ1) is 19.5. The van der Waals surface area contributed by atoms with Gasteiger partial charge in [-0.3, -0.25) is 9.36 Å². The van der Waals surface area contributed by atoms with E-state index < -0.39 is 0 Å². The summed E-state index contributed by atoms with van der Waals surface area (Å²) in [7, 11) is 0. The monoisotopic (exact) mass is 458 g/mol. The maximum atomic E-state index is 13.5. The van der Waals surface area contributed by atoms with Gasteiger partial charge in [-0.25, -0.2) is 4.98 Å². The molecule has 0 saturated carbocycles. The molecule has 0 aliphatic carbocycles. The van der Waals surface area contributed by atoms with E-state index in [4.69, 9.17) is 25.5 Å². The van der Waals surface area contributed by atoms with E-state index >= 15 is 0 Å². The van der Waals surface area contributed by atoms with Gasteiger partial charge in [-0.05, 0) is 54.1 Å². The first-order chi connectivity index (χ1) is 16.2. The van der Waals surface area contributed by atoms with E-state index in [2.05, 4.69) is 15.2 Å². The first-order valence-electron chi connectivity index (χ1n) is 10.1. The Morgan fingerprint density at radius 2 is 1.85 bits per heavy atom. The van der Waals surface area contributed by atoms with Gasteiger partial charge in [0.25, 0.3) is 5.56 Å². The molecule has 0 saturated heterocycles. The van der Waals surface area contributed by atoms with E-state index in [1.165, 1.54) is 4.57 Å². The first-order valence-corrected chi connectivity index (χ1v) is 10.5. The van der Waals surface area contributed by atoms with Crippen LogP contribution in [0.15, 0.2) is 76.1 Å². The number of pyridine rings is 2. The molecule has 2 aromatic carbocycles. The zero-order valence-electron chi connectivity index (χ0n) is 17.1. The second-order valence-electron chi connectivity index (χ2n) is 7.44. The van der Waals surface area contributed by atoms with E-state index in [1.54, 1.807) is 30.5 Å². The average Bonchev–Trinajstić information content (AvgIpc) is 3.49. The minimum absolute atomic E-state index is 0.0678. The molecule has 6 rings (SSSR count). The summed E-state index contributed by atoms with van der Waals surface area (Å²) in [5.41, 5.74) is 2.22. The maximum absolute atomic E-state index is 13.5. The van der Waals surface area contributed by atoms with Crippen molar-refractivity contribution in [3.05, 3.63) is 88.1 Å². The van der Waals surface area contributed by atoms with Gasteiger partial charge in [-0.1, -0.05) is 23.7 Å². The van der Waals surface area contributed by atoms with Gasteiger partial charge < -0.3 is 13.9 Å². The highest BCUT2D eigenvalue weighted by Gasteiger charge is 2.18. The summed E-state index contributed by atoms with van der Waals surface area (Å²) in [4.78, 5) is 17.9. The fraction of sp³-hybridized carbons (Fsp3) is 0.0833. The van der Waals surface area contributed by atoms with Gasteiger partial charge in [0.2, 0.25) is 18.6 Å². The Morgan fingerprint density at radius 3 is 2.76 bits per heavy atom. The lowest BCUT2D eigenvalue weighted by Gasteiger charge is -2.11. The second-order valence-corrected chi connectivity index (χ2v) is 7.88. The lowest BCUT2D eigenvalue weighted by molar-refractivity contribution is 0.174. The van der Waals surface area contributed by atoms with Gasteiger partial charge in [0.05, 0.1) is 0 Å². The smallest absolute Gasteiger partial charge is 0.260 e. The van der Waals surface area contributed by atoms with Gasteiger partial charge in [-0.15, -0.1) is 10.2 Å². The van der Waals surface area contributed by atoms with Crippen LogP contribution in [-0.4, -0.2) is 26.5 Å². The number of hydrogen-bond donors (Lipinski definition) is 0. The lowest BCUT2D eigenvalue weighted by Crippen LogP contribution is -2.23. The van der Waals surface area contributed by atoms with Crippen molar-refractivity contribution >= 4 is 22.6 Å². The number of nitrogens with zero attached hydrogens (tertiary/aromatic N) is 4. The molecule has 162 valence electrons. The quantitative estimate of drug-likeness (QED) is 0.390. The topological polar surface area (TPSA) is 92.3 Å². The molecule has 5 aromatic rings. The van der Waals surface area contributed by atoms with Crippen molar-refractivity contribution < 1.29 is 13.9 Å². The van der Waals surface area contributed by atoms with Crippen LogP contribution in [0.5, 0.6) is 11.5 Å². The molecular formula is C24H15ClN4O4. The van der Waals surface area contributed by atoms with Gasteiger partial charge >= 0.3 is 0 Å². The number of fused-ring (bicyclic) bond motifs is 2. The number of rotatable bonds is 4. The summed E-state index contributed by atoms with van der Waals surface area (Å²) in [6, 6.07) is 18.1. The second kappa shape index (κ2) is 7.75. The molecule has 8 nitrogen and oxygen atoms in total. The van der Waals surface area contributed by atoms with Crippen LogP contribution < -0.4 is 15.0 Å². The van der Waals surface area contributed by atoms with Crippen LogP contribution in [0.2, 0.25) is 5.02 Å². The minimum Gasteiger partial charge on any atom is -0.454 e. The molecule has 3 aromatic heterocycles. The number of ether oxygens (including phenoxy) is 2. The SMILES string of the molecule is O=c1c(-c2cccc(Cl)c2)cc2cccnc2n1Cc1nnc(-c2ccc3c(c2)OCO3)o1. The number of benzene rings is 2. The fourth-order valence-electron chi connectivity index (χ4n) is 3.81. The van der Waals surface area contributed by atoms with Crippen molar-refractivity contribution in [2.24, 2.45) is 0 Å². The molecule has 1 aliphatic rings.